The third kappa shape index (κ3) is 4.88. The second-order valence-corrected chi connectivity index (χ2v) is 8.39. The maximum absolute atomic E-state index is 12.6. The van der Waals surface area contributed by atoms with Crippen molar-refractivity contribution in [2.75, 3.05) is 19.0 Å². The average Bonchev–Trinajstić information content (AvgIpc) is 3.31. The molecule has 1 N–H and O–H groups in total. The van der Waals surface area contributed by atoms with Crippen molar-refractivity contribution in [1.29, 1.82) is 0 Å². The number of nitrogens with one attached hydrogen (secondary N) is 1. The fourth-order valence-electron chi connectivity index (χ4n) is 4.39. The van der Waals surface area contributed by atoms with Crippen LogP contribution in [0.2, 0.25) is 0 Å². The van der Waals surface area contributed by atoms with Gasteiger partial charge in [0.05, 0.1) is 7.11 Å². The van der Waals surface area contributed by atoms with E-state index >= 15 is 0 Å². The van der Waals surface area contributed by atoms with Gasteiger partial charge >= 0.3 is 0 Å². The summed E-state index contributed by atoms with van der Waals surface area (Å²) in [6.07, 6.45) is 2.04. The first-order valence-corrected chi connectivity index (χ1v) is 11.1. The molecular formula is C26H26N4O3. The summed E-state index contributed by atoms with van der Waals surface area (Å²) >= 11 is 0. The number of hydrogen-bond donors (Lipinski definition) is 1. The fraction of sp³-hybridized carbons (Fsp3) is 0.269. The number of rotatable bonds is 7. The molecule has 0 radical (unpaired) electrons. The first-order valence-electron chi connectivity index (χ1n) is 11.1. The Labute approximate surface area is 192 Å². The van der Waals surface area contributed by atoms with E-state index in [0.29, 0.717) is 12.8 Å². The molecule has 0 aliphatic carbocycles. The Morgan fingerprint density at radius 2 is 1.94 bits per heavy atom. The van der Waals surface area contributed by atoms with Crippen molar-refractivity contribution in [3.8, 4) is 5.75 Å². The molecule has 1 aliphatic heterocycles. The SMILES string of the molecule is COc1ccccc1CCC(=O)Nc1ccc2c(c1)CN(Cc1ccc3nonc3c1)CC2. The Bertz CT molecular complexity index is 1280. The second-order valence-electron chi connectivity index (χ2n) is 8.39. The number of anilines is 1. The number of hydrogen-bond acceptors (Lipinski definition) is 6. The van der Waals surface area contributed by atoms with Gasteiger partial charge in [0.2, 0.25) is 5.91 Å². The zero-order valence-electron chi connectivity index (χ0n) is 18.6. The lowest BCUT2D eigenvalue weighted by Crippen LogP contribution is -2.30. The quantitative estimate of drug-likeness (QED) is 0.458. The fourth-order valence-corrected chi connectivity index (χ4v) is 4.39. The molecule has 33 heavy (non-hydrogen) atoms. The third-order valence-corrected chi connectivity index (χ3v) is 6.12. The first kappa shape index (κ1) is 21.2. The molecule has 0 atom stereocenters. The van der Waals surface area contributed by atoms with Crippen molar-refractivity contribution < 1.29 is 14.2 Å². The maximum Gasteiger partial charge on any atom is 0.224 e. The van der Waals surface area contributed by atoms with Gasteiger partial charge in [-0.2, -0.15) is 0 Å². The molecule has 1 aliphatic rings. The number of carbonyl (C=O) groups is 1. The summed E-state index contributed by atoms with van der Waals surface area (Å²) in [4.78, 5) is 15.0. The first-order chi connectivity index (χ1) is 16.2. The summed E-state index contributed by atoms with van der Waals surface area (Å²) in [5.41, 5.74) is 7.22. The van der Waals surface area contributed by atoms with E-state index < -0.39 is 0 Å². The molecule has 168 valence electrons. The Morgan fingerprint density at radius 3 is 2.85 bits per heavy atom. The molecule has 0 saturated heterocycles. The number of aromatic nitrogens is 2. The van der Waals surface area contributed by atoms with Crippen LogP contribution in [0.4, 0.5) is 5.69 Å². The molecule has 3 aromatic carbocycles. The van der Waals surface area contributed by atoms with Crippen LogP contribution >= 0.6 is 0 Å². The molecule has 5 rings (SSSR count). The van der Waals surface area contributed by atoms with Crippen LogP contribution in [0.1, 0.15) is 28.7 Å². The van der Waals surface area contributed by atoms with Gasteiger partial charge in [-0.05, 0) is 75.7 Å². The van der Waals surface area contributed by atoms with Crippen molar-refractivity contribution in [2.45, 2.75) is 32.4 Å². The summed E-state index contributed by atoms with van der Waals surface area (Å²) < 4.78 is 10.2. The number of amides is 1. The predicted molar refractivity (Wildman–Crippen MR) is 126 cm³/mol. The highest BCUT2D eigenvalue weighted by Crippen LogP contribution is 2.25. The molecule has 0 fully saturated rings. The van der Waals surface area contributed by atoms with Gasteiger partial charge in [0.1, 0.15) is 16.8 Å². The van der Waals surface area contributed by atoms with Crippen LogP contribution in [0.15, 0.2) is 65.3 Å². The average molecular weight is 443 g/mol. The molecule has 7 nitrogen and oxygen atoms in total. The molecule has 2 heterocycles. The summed E-state index contributed by atoms with van der Waals surface area (Å²) in [5, 5.41) is 10.9. The number of para-hydroxylation sites is 1. The standard InChI is InChI=1S/C26H26N4O3/c1-32-25-5-3-2-4-20(25)8-11-26(31)27-22-9-7-19-12-13-30(17-21(19)15-22)16-18-6-10-23-24(14-18)29-33-28-23/h2-7,9-10,14-15H,8,11-13,16-17H2,1H3,(H,27,31). The minimum absolute atomic E-state index is 0.00282. The largest absolute Gasteiger partial charge is 0.496 e. The van der Waals surface area contributed by atoms with Crippen LogP contribution in [0.5, 0.6) is 5.75 Å². The monoisotopic (exact) mass is 442 g/mol. The van der Waals surface area contributed by atoms with Crippen molar-refractivity contribution in [3.05, 3.63) is 82.9 Å². The summed E-state index contributed by atoms with van der Waals surface area (Å²) in [6.45, 7) is 2.67. The molecule has 0 unspecified atom stereocenters. The smallest absolute Gasteiger partial charge is 0.224 e. The second kappa shape index (κ2) is 9.42. The van der Waals surface area contributed by atoms with Gasteiger partial charge in [-0.1, -0.05) is 30.3 Å². The minimum Gasteiger partial charge on any atom is -0.496 e. The molecule has 1 aromatic heterocycles. The van der Waals surface area contributed by atoms with Gasteiger partial charge in [-0.15, -0.1) is 0 Å². The molecular weight excluding hydrogens is 416 g/mol. The van der Waals surface area contributed by atoms with E-state index in [9.17, 15) is 4.79 Å². The van der Waals surface area contributed by atoms with Gasteiger partial charge in [0.25, 0.3) is 0 Å². The van der Waals surface area contributed by atoms with Crippen LogP contribution in [-0.2, 0) is 30.7 Å². The Kier molecular flexibility index (Phi) is 6.04. The van der Waals surface area contributed by atoms with Gasteiger partial charge in [-0.3, -0.25) is 9.69 Å². The highest BCUT2D eigenvalue weighted by molar-refractivity contribution is 5.91. The molecule has 7 heteroatoms. The number of nitrogens with zero attached hydrogens (tertiary/aromatic N) is 3. The number of methoxy groups -OCH3 is 1. The highest BCUT2D eigenvalue weighted by atomic mass is 16.6. The summed E-state index contributed by atoms with van der Waals surface area (Å²) in [7, 11) is 1.65. The van der Waals surface area contributed by atoms with Crippen molar-refractivity contribution in [2.24, 2.45) is 0 Å². The van der Waals surface area contributed by atoms with Crippen molar-refractivity contribution in [1.82, 2.24) is 15.2 Å². The van der Waals surface area contributed by atoms with E-state index in [2.05, 4.69) is 38.7 Å². The van der Waals surface area contributed by atoms with Crippen LogP contribution in [0, 0.1) is 0 Å². The van der Waals surface area contributed by atoms with Crippen LogP contribution < -0.4 is 10.1 Å². The van der Waals surface area contributed by atoms with Crippen LogP contribution in [-0.4, -0.2) is 34.8 Å². The number of aryl methyl sites for hydroxylation is 1. The predicted octanol–water partition coefficient (Wildman–Crippen LogP) is 4.36. The molecule has 0 spiro atoms. The van der Waals surface area contributed by atoms with Crippen LogP contribution in [0.25, 0.3) is 11.0 Å². The number of carbonyl (C=O) groups excluding carboxylic acids is 1. The normalized spacial score (nSPS) is 13.6. The summed E-state index contributed by atoms with van der Waals surface area (Å²) in [5.74, 6) is 0.821. The van der Waals surface area contributed by atoms with Gasteiger partial charge in [0, 0.05) is 31.7 Å². The molecule has 0 bridgehead atoms. The lowest BCUT2D eigenvalue weighted by molar-refractivity contribution is -0.116. The van der Waals surface area contributed by atoms with Gasteiger partial charge < -0.3 is 10.1 Å². The highest BCUT2D eigenvalue weighted by Gasteiger charge is 2.18. The zero-order chi connectivity index (χ0) is 22.6. The summed E-state index contributed by atoms with van der Waals surface area (Å²) in [6, 6.07) is 20.1. The number of benzene rings is 3. The Morgan fingerprint density at radius 1 is 1.06 bits per heavy atom. The van der Waals surface area contributed by atoms with Crippen molar-refractivity contribution >= 4 is 22.6 Å². The van der Waals surface area contributed by atoms with Gasteiger partial charge in [-0.25, -0.2) is 4.63 Å². The molecule has 4 aromatic rings. The van der Waals surface area contributed by atoms with E-state index in [1.54, 1.807) is 7.11 Å². The lowest BCUT2D eigenvalue weighted by Gasteiger charge is -2.29. The van der Waals surface area contributed by atoms with E-state index in [4.69, 9.17) is 9.37 Å². The molecule has 0 saturated carbocycles. The Balaban J connectivity index is 1.20. The number of fused-ring (bicyclic) bond motifs is 2. The third-order valence-electron chi connectivity index (χ3n) is 6.12. The van der Waals surface area contributed by atoms with E-state index in [0.717, 1.165) is 54.1 Å². The lowest BCUT2D eigenvalue weighted by atomic mass is 9.98. The van der Waals surface area contributed by atoms with E-state index in [1.807, 2.05) is 42.5 Å². The van der Waals surface area contributed by atoms with E-state index in [1.165, 1.54) is 16.7 Å². The van der Waals surface area contributed by atoms with Crippen molar-refractivity contribution in [3.63, 3.8) is 0 Å². The van der Waals surface area contributed by atoms with E-state index in [-0.39, 0.29) is 5.91 Å². The van der Waals surface area contributed by atoms with Gasteiger partial charge in [0.15, 0.2) is 0 Å². The topological polar surface area (TPSA) is 80.5 Å². The van der Waals surface area contributed by atoms with Crippen LogP contribution in [0.3, 0.4) is 0 Å². The maximum atomic E-state index is 12.6. The molecule has 1 amide bonds. The number of ether oxygens (including phenoxy) is 1. The Hall–Kier alpha value is -3.71. The minimum atomic E-state index is 0.00282. The zero-order valence-corrected chi connectivity index (χ0v) is 18.6.